The first-order valence-electron chi connectivity index (χ1n) is 12.9. The monoisotopic (exact) mass is 503 g/mol. The van der Waals surface area contributed by atoms with Crippen LogP contribution in [0.15, 0.2) is 97.1 Å². The molecule has 0 aliphatic carbocycles. The predicted molar refractivity (Wildman–Crippen MR) is 157 cm³/mol. The van der Waals surface area contributed by atoms with Crippen LogP contribution < -0.4 is 5.32 Å². The number of aliphatic hydroxyl groups is 2. The summed E-state index contributed by atoms with van der Waals surface area (Å²) < 4.78 is 0. The van der Waals surface area contributed by atoms with Crippen LogP contribution in [0.2, 0.25) is 0 Å². The number of aromatic nitrogens is 1. The molecule has 38 heavy (non-hydrogen) atoms. The van der Waals surface area contributed by atoms with Crippen LogP contribution in [0.5, 0.6) is 0 Å². The number of aliphatic hydroxyl groups excluding tert-OH is 2. The van der Waals surface area contributed by atoms with Gasteiger partial charge in [0.1, 0.15) is 5.82 Å². The van der Waals surface area contributed by atoms with Gasteiger partial charge < -0.3 is 20.4 Å². The standard InChI is InChI=1S/C33H33N3O2/c1-36(2)14-13-34-33-31(19-28-18-29(21-37)30(22-38)20-32(28)35-33)27-16-25(23-9-5-3-6-10-23)15-26(17-27)24-11-7-4-8-12-24/h3-12,15-20,37-38H,13-14,21-22H2,1-2H3,(H,34,35). The maximum atomic E-state index is 9.89. The molecule has 5 heteroatoms. The van der Waals surface area contributed by atoms with Crippen molar-refractivity contribution in [3.8, 4) is 33.4 Å². The number of benzene rings is 4. The Morgan fingerprint density at radius 1 is 0.658 bits per heavy atom. The minimum Gasteiger partial charge on any atom is -0.392 e. The normalized spacial score (nSPS) is 11.3. The highest BCUT2D eigenvalue weighted by Crippen LogP contribution is 2.37. The smallest absolute Gasteiger partial charge is 0.134 e. The van der Waals surface area contributed by atoms with Gasteiger partial charge in [-0.2, -0.15) is 0 Å². The van der Waals surface area contributed by atoms with Crippen molar-refractivity contribution in [2.75, 3.05) is 32.5 Å². The molecule has 0 spiro atoms. The lowest BCUT2D eigenvalue weighted by molar-refractivity contribution is 0.260. The van der Waals surface area contributed by atoms with E-state index in [-0.39, 0.29) is 13.2 Å². The van der Waals surface area contributed by atoms with Crippen LogP contribution in [0, 0.1) is 0 Å². The van der Waals surface area contributed by atoms with Crippen molar-refractivity contribution in [3.63, 3.8) is 0 Å². The molecular weight excluding hydrogens is 470 g/mol. The van der Waals surface area contributed by atoms with Crippen LogP contribution >= 0.6 is 0 Å². The largest absolute Gasteiger partial charge is 0.392 e. The summed E-state index contributed by atoms with van der Waals surface area (Å²) in [4.78, 5) is 7.15. The second-order valence-electron chi connectivity index (χ2n) is 9.78. The fourth-order valence-corrected chi connectivity index (χ4v) is 4.74. The van der Waals surface area contributed by atoms with Gasteiger partial charge in [0.05, 0.1) is 18.7 Å². The van der Waals surface area contributed by atoms with Crippen molar-refractivity contribution in [2.24, 2.45) is 0 Å². The molecule has 0 saturated heterocycles. The minimum absolute atomic E-state index is 0.133. The summed E-state index contributed by atoms with van der Waals surface area (Å²) in [6.07, 6.45) is 0. The Labute approximate surface area is 224 Å². The van der Waals surface area contributed by atoms with Crippen molar-refractivity contribution in [1.29, 1.82) is 0 Å². The predicted octanol–water partition coefficient (Wildman–Crippen LogP) is 6.19. The van der Waals surface area contributed by atoms with E-state index < -0.39 is 0 Å². The molecule has 0 amide bonds. The maximum absolute atomic E-state index is 9.89. The van der Waals surface area contributed by atoms with Crippen LogP contribution in [0.3, 0.4) is 0 Å². The first-order valence-corrected chi connectivity index (χ1v) is 12.9. The average molecular weight is 504 g/mol. The van der Waals surface area contributed by atoms with E-state index in [0.29, 0.717) is 11.1 Å². The van der Waals surface area contributed by atoms with Crippen molar-refractivity contribution < 1.29 is 10.2 Å². The lowest BCUT2D eigenvalue weighted by atomic mass is 9.92. The summed E-state index contributed by atoms with van der Waals surface area (Å²) in [6.45, 7) is 1.33. The van der Waals surface area contributed by atoms with E-state index in [4.69, 9.17) is 4.98 Å². The first-order chi connectivity index (χ1) is 18.6. The number of rotatable bonds is 9. The number of anilines is 1. The molecule has 0 aliphatic rings. The molecule has 3 N–H and O–H groups in total. The molecule has 1 aromatic heterocycles. The van der Waals surface area contributed by atoms with E-state index in [1.807, 2.05) is 24.3 Å². The van der Waals surface area contributed by atoms with Gasteiger partial charge in [-0.1, -0.05) is 60.7 Å². The third-order valence-electron chi connectivity index (χ3n) is 6.79. The Bertz CT molecular complexity index is 1480. The second kappa shape index (κ2) is 11.6. The maximum Gasteiger partial charge on any atom is 0.134 e. The molecule has 5 nitrogen and oxygen atoms in total. The van der Waals surface area contributed by atoms with Crippen LogP contribution in [0.1, 0.15) is 11.1 Å². The quantitative estimate of drug-likeness (QED) is 0.224. The fourth-order valence-electron chi connectivity index (χ4n) is 4.74. The molecule has 0 aliphatic heterocycles. The summed E-state index contributed by atoms with van der Waals surface area (Å²) >= 11 is 0. The topological polar surface area (TPSA) is 68.6 Å². The van der Waals surface area contributed by atoms with Gasteiger partial charge in [0.25, 0.3) is 0 Å². The molecular formula is C33H33N3O2. The molecule has 0 atom stereocenters. The van der Waals surface area contributed by atoms with Gasteiger partial charge in [-0.3, -0.25) is 0 Å². The van der Waals surface area contributed by atoms with E-state index in [1.54, 1.807) is 0 Å². The summed E-state index contributed by atoms with van der Waals surface area (Å²) in [7, 11) is 4.10. The van der Waals surface area contributed by atoms with E-state index >= 15 is 0 Å². The minimum atomic E-state index is -0.141. The third-order valence-corrected chi connectivity index (χ3v) is 6.79. The zero-order valence-electron chi connectivity index (χ0n) is 21.9. The van der Waals surface area contributed by atoms with Crippen molar-refractivity contribution >= 4 is 16.7 Å². The molecule has 1 heterocycles. The fraction of sp³-hybridized carbons (Fsp3) is 0.182. The summed E-state index contributed by atoms with van der Waals surface area (Å²) in [5, 5.41) is 24.2. The van der Waals surface area contributed by atoms with Crippen LogP contribution in [-0.2, 0) is 13.2 Å². The van der Waals surface area contributed by atoms with E-state index in [0.717, 1.165) is 63.2 Å². The van der Waals surface area contributed by atoms with Gasteiger partial charge in [-0.15, -0.1) is 0 Å². The highest BCUT2D eigenvalue weighted by atomic mass is 16.3. The molecule has 0 fully saturated rings. The number of fused-ring (bicyclic) bond motifs is 1. The van der Waals surface area contributed by atoms with Gasteiger partial charge >= 0.3 is 0 Å². The Kier molecular flexibility index (Phi) is 7.80. The Balaban J connectivity index is 1.73. The number of nitrogens with one attached hydrogen (secondary N) is 1. The van der Waals surface area contributed by atoms with Crippen LogP contribution in [-0.4, -0.2) is 47.3 Å². The van der Waals surface area contributed by atoms with Crippen molar-refractivity contribution in [3.05, 3.63) is 108 Å². The van der Waals surface area contributed by atoms with E-state index in [1.165, 1.54) is 0 Å². The Morgan fingerprint density at radius 2 is 1.21 bits per heavy atom. The molecule has 5 aromatic rings. The number of likely N-dealkylation sites (N-methyl/N-ethyl adjacent to an activating group) is 1. The first kappa shape index (κ1) is 25.6. The van der Waals surface area contributed by atoms with Gasteiger partial charge in [0, 0.05) is 24.0 Å². The zero-order valence-corrected chi connectivity index (χ0v) is 21.9. The molecule has 0 bridgehead atoms. The van der Waals surface area contributed by atoms with Crippen molar-refractivity contribution in [1.82, 2.24) is 9.88 Å². The Hall–Kier alpha value is -4.03. The van der Waals surface area contributed by atoms with E-state index in [9.17, 15) is 10.2 Å². The third kappa shape index (κ3) is 5.60. The number of hydrogen-bond acceptors (Lipinski definition) is 5. The highest BCUT2D eigenvalue weighted by molar-refractivity contribution is 5.92. The molecule has 0 unspecified atom stereocenters. The van der Waals surface area contributed by atoms with Crippen LogP contribution in [0.25, 0.3) is 44.3 Å². The number of hydrogen-bond donors (Lipinski definition) is 3. The lowest BCUT2D eigenvalue weighted by Gasteiger charge is -2.18. The Morgan fingerprint density at radius 3 is 1.76 bits per heavy atom. The van der Waals surface area contributed by atoms with Gasteiger partial charge in [-0.05, 0) is 89.4 Å². The highest BCUT2D eigenvalue weighted by Gasteiger charge is 2.15. The molecule has 192 valence electrons. The number of pyridine rings is 1. The second-order valence-corrected chi connectivity index (χ2v) is 9.78. The summed E-state index contributed by atoms with van der Waals surface area (Å²) in [5.41, 5.74) is 8.80. The van der Waals surface area contributed by atoms with Gasteiger partial charge in [-0.25, -0.2) is 4.98 Å². The summed E-state index contributed by atoms with van der Waals surface area (Å²) in [6, 6.07) is 33.4. The molecule has 4 aromatic carbocycles. The SMILES string of the molecule is CN(C)CCNc1nc2cc(CO)c(CO)cc2cc1-c1cc(-c2ccccc2)cc(-c2ccccc2)c1. The van der Waals surface area contributed by atoms with Crippen molar-refractivity contribution in [2.45, 2.75) is 13.2 Å². The summed E-state index contributed by atoms with van der Waals surface area (Å²) in [5.74, 6) is 0.796. The zero-order chi connectivity index (χ0) is 26.5. The molecule has 5 rings (SSSR count). The van der Waals surface area contributed by atoms with E-state index in [2.05, 4.69) is 97.1 Å². The van der Waals surface area contributed by atoms with Crippen LogP contribution in [0.4, 0.5) is 5.82 Å². The number of nitrogens with zero attached hydrogens (tertiary/aromatic N) is 2. The lowest BCUT2D eigenvalue weighted by Crippen LogP contribution is -2.21. The molecule has 0 saturated carbocycles. The average Bonchev–Trinajstić information content (AvgIpc) is 2.96. The molecule has 0 radical (unpaired) electrons. The van der Waals surface area contributed by atoms with Gasteiger partial charge in [0.15, 0.2) is 0 Å². The van der Waals surface area contributed by atoms with Gasteiger partial charge in [0.2, 0.25) is 0 Å².